The second kappa shape index (κ2) is 8.98. The third-order valence-electron chi connectivity index (χ3n) is 5.27. The molecule has 0 bridgehead atoms. The molecule has 2 heterocycles. The molecular weight excluding hydrogens is 424 g/mol. The highest BCUT2D eigenvalue weighted by Crippen LogP contribution is 2.29. The quantitative estimate of drug-likeness (QED) is 0.576. The Morgan fingerprint density at radius 2 is 1.93 bits per heavy atom. The first-order valence-corrected chi connectivity index (χ1v) is 12.5. The van der Waals surface area contributed by atoms with Gasteiger partial charge in [-0.25, -0.2) is 13.1 Å². The zero-order valence-electron chi connectivity index (χ0n) is 15.9. The molecule has 7 heteroatoms. The Morgan fingerprint density at radius 3 is 2.69 bits per heavy atom. The van der Waals surface area contributed by atoms with Gasteiger partial charge in [0.05, 0.1) is 5.75 Å². The smallest absolute Gasteiger partial charge is 0.215 e. The second-order valence-corrected chi connectivity index (χ2v) is 10.3. The molecule has 0 saturated heterocycles. The number of fused-ring (bicyclic) bond motifs is 1. The zero-order valence-corrected chi connectivity index (χ0v) is 18.3. The molecule has 0 spiro atoms. The molecule has 0 amide bonds. The number of rotatable bonds is 7. The van der Waals surface area contributed by atoms with E-state index in [1.165, 1.54) is 11.1 Å². The molecule has 1 aliphatic rings. The van der Waals surface area contributed by atoms with Gasteiger partial charge in [0.2, 0.25) is 10.0 Å². The van der Waals surface area contributed by atoms with E-state index in [0.29, 0.717) is 17.1 Å². The van der Waals surface area contributed by atoms with Crippen molar-refractivity contribution in [2.45, 2.75) is 24.8 Å². The molecule has 1 aliphatic heterocycles. The monoisotopic (exact) mass is 446 g/mol. The van der Waals surface area contributed by atoms with Gasteiger partial charge in [-0.3, -0.25) is 4.90 Å². The zero-order chi connectivity index (χ0) is 20.3. The standard InChI is InChI=1S/C22H23ClN2O2S2/c23-21-7-3-4-17(12-21)16-29(26,27)24-13-22(20-9-11-28-15-20)25-10-8-18-5-1-2-6-19(18)14-25/h1-7,9,11-12,15,22,24H,8,10,13-14,16H2/t22-/m0/s1. The summed E-state index contributed by atoms with van der Waals surface area (Å²) < 4.78 is 28.2. The van der Waals surface area contributed by atoms with Crippen molar-refractivity contribution < 1.29 is 8.42 Å². The van der Waals surface area contributed by atoms with Crippen LogP contribution in [-0.4, -0.2) is 26.4 Å². The predicted molar refractivity (Wildman–Crippen MR) is 120 cm³/mol. The van der Waals surface area contributed by atoms with Gasteiger partial charge < -0.3 is 0 Å². The molecule has 1 N–H and O–H groups in total. The summed E-state index contributed by atoms with van der Waals surface area (Å²) in [7, 11) is -3.47. The first-order chi connectivity index (χ1) is 14.0. The maximum atomic E-state index is 12.7. The van der Waals surface area contributed by atoms with Crippen molar-refractivity contribution >= 4 is 33.0 Å². The lowest BCUT2D eigenvalue weighted by molar-refractivity contribution is 0.180. The van der Waals surface area contributed by atoms with E-state index in [9.17, 15) is 8.42 Å². The summed E-state index contributed by atoms with van der Waals surface area (Å²) in [5, 5.41) is 4.69. The topological polar surface area (TPSA) is 49.4 Å². The Hall–Kier alpha value is -1.70. The van der Waals surface area contributed by atoms with Crippen LogP contribution in [0, 0.1) is 0 Å². The van der Waals surface area contributed by atoms with Crippen LogP contribution in [0.2, 0.25) is 5.02 Å². The van der Waals surface area contributed by atoms with Crippen molar-refractivity contribution in [1.29, 1.82) is 0 Å². The molecule has 29 heavy (non-hydrogen) atoms. The highest BCUT2D eigenvalue weighted by molar-refractivity contribution is 7.88. The van der Waals surface area contributed by atoms with Crippen LogP contribution in [0.15, 0.2) is 65.4 Å². The minimum Gasteiger partial charge on any atom is -0.290 e. The number of sulfonamides is 1. The van der Waals surface area contributed by atoms with Gasteiger partial charge >= 0.3 is 0 Å². The van der Waals surface area contributed by atoms with Crippen LogP contribution < -0.4 is 4.72 Å². The van der Waals surface area contributed by atoms with Crippen LogP contribution >= 0.6 is 22.9 Å². The SMILES string of the molecule is O=S(=O)(Cc1cccc(Cl)c1)NC[C@@H](c1ccsc1)N1CCc2ccccc2C1. The lowest BCUT2D eigenvalue weighted by atomic mass is 9.97. The average molecular weight is 447 g/mol. The lowest BCUT2D eigenvalue weighted by Gasteiger charge is -2.35. The molecule has 3 aromatic rings. The molecule has 4 rings (SSSR count). The first kappa shape index (κ1) is 20.6. The third kappa shape index (κ3) is 5.27. The summed E-state index contributed by atoms with van der Waals surface area (Å²) >= 11 is 7.63. The van der Waals surface area contributed by atoms with Crippen LogP contribution in [0.4, 0.5) is 0 Å². The molecule has 1 aromatic heterocycles. The van der Waals surface area contributed by atoms with Crippen LogP contribution in [0.25, 0.3) is 0 Å². The van der Waals surface area contributed by atoms with Crippen molar-refractivity contribution in [3.8, 4) is 0 Å². The fraction of sp³-hybridized carbons (Fsp3) is 0.273. The predicted octanol–water partition coefficient (Wildman–Crippen LogP) is 4.62. The number of hydrogen-bond donors (Lipinski definition) is 1. The lowest BCUT2D eigenvalue weighted by Crippen LogP contribution is -2.40. The molecule has 0 saturated carbocycles. The number of thiophene rings is 1. The Morgan fingerprint density at radius 1 is 1.10 bits per heavy atom. The first-order valence-electron chi connectivity index (χ1n) is 9.55. The van der Waals surface area contributed by atoms with Gasteiger partial charge in [0.25, 0.3) is 0 Å². The van der Waals surface area contributed by atoms with Crippen LogP contribution in [-0.2, 0) is 28.7 Å². The van der Waals surface area contributed by atoms with E-state index in [0.717, 1.165) is 25.1 Å². The van der Waals surface area contributed by atoms with Gasteiger partial charge in [0.15, 0.2) is 0 Å². The molecule has 0 aliphatic carbocycles. The third-order valence-corrected chi connectivity index (χ3v) is 7.53. The Labute approximate surface area is 181 Å². The van der Waals surface area contributed by atoms with Gasteiger partial charge in [-0.15, -0.1) is 0 Å². The summed E-state index contributed by atoms with van der Waals surface area (Å²) in [6.45, 7) is 2.09. The fourth-order valence-corrected chi connectivity index (χ4v) is 5.86. The van der Waals surface area contributed by atoms with E-state index < -0.39 is 10.0 Å². The maximum absolute atomic E-state index is 12.7. The van der Waals surface area contributed by atoms with Gasteiger partial charge in [0.1, 0.15) is 0 Å². The number of hydrogen-bond acceptors (Lipinski definition) is 4. The number of nitrogens with one attached hydrogen (secondary N) is 1. The van der Waals surface area contributed by atoms with E-state index >= 15 is 0 Å². The van der Waals surface area contributed by atoms with E-state index in [1.807, 2.05) is 5.38 Å². The second-order valence-electron chi connectivity index (χ2n) is 7.30. The van der Waals surface area contributed by atoms with Gasteiger partial charge in [-0.05, 0) is 57.6 Å². The van der Waals surface area contributed by atoms with Gasteiger partial charge in [-0.1, -0.05) is 48.0 Å². The van der Waals surface area contributed by atoms with Crippen LogP contribution in [0.1, 0.15) is 28.3 Å². The van der Waals surface area contributed by atoms with Crippen molar-refractivity contribution in [3.63, 3.8) is 0 Å². The minimum atomic E-state index is -3.47. The molecule has 4 nitrogen and oxygen atoms in total. The summed E-state index contributed by atoms with van der Waals surface area (Å²) in [5.74, 6) is -0.0766. The molecule has 152 valence electrons. The highest BCUT2D eigenvalue weighted by atomic mass is 35.5. The van der Waals surface area contributed by atoms with E-state index in [2.05, 4.69) is 45.3 Å². The van der Waals surface area contributed by atoms with E-state index in [1.54, 1.807) is 35.6 Å². The van der Waals surface area contributed by atoms with Crippen molar-refractivity contribution in [2.24, 2.45) is 0 Å². The average Bonchev–Trinajstić information content (AvgIpc) is 3.22. The number of nitrogens with zero attached hydrogens (tertiary/aromatic N) is 1. The van der Waals surface area contributed by atoms with Gasteiger partial charge in [-0.2, -0.15) is 11.3 Å². The largest absolute Gasteiger partial charge is 0.290 e. The summed E-state index contributed by atoms with van der Waals surface area (Å²) in [6.07, 6.45) is 0.978. The normalized spacial score (nSPS) is 15.8. The fourth-order valence-electron chi connectivity index (χ4n) is 3.81. The molecule has 0 fully saturated rings. The molecular formula is C22H23ClN2O2S2. The number of benzene rings is 2. The van der Waals surface area contributed by atoms with E-state index in [4.69, 9.17) is 11.6 Å². The molecule has 2 aromatic carbocycles. The summed E-state index contributed by atoms with van der Waals surface area (Å²) in [5.41, 5.74) is 4.54. The molecule has 0 unspecified atom stereocenters. The molecule has 0 radical (unpaired) electrons. The van der Waals surface area contributed by atoms with Gasteiger partial charge in [0, 0.05) is 30.7 Å². The number of halogens is 1. The van der Waals surface area contributed by atoms with Crippen molar-refractivity contribution in [2.75, 3.05) is 13.1 Å². The van der Waals surface area contributed by atoms with Crippen molar-refractivity contribution in [1.82, 2.24) is 9.62 Å². The van der Waals surface area contributed by atoms with Crippen LogP contribution in [0.3, 0.4) is 0 Å². The molecule has 1 atom stereocenters. The highest BCUT2D eigenvalue weighted by Gasteiger charge is 2.26. The maximum Gasteiger partial charge on any atom is 0.215 e. The van der Waals surface area contributed by atoms with Crippen molar-refractivity contribution in [3.05, 3.63) is 92.6 Å². The minimum absolute atomic E-state index is 0.00347. The Balaban J connectivity index is 1.48. The Kier molecular flexibility index (Phi) is 6.37. The Bertz CT molecular complexity index is 1070. The van der Waals surface area contributed by atoms with Crippen LogP contribution in [0.5, 0.6) is 0 Å². The summed E-state index contributed by atoms with van der Waals surface area (Å²) in [6, 6.07) is 17.6. The van der Waals surface area contributed by atoms with E-state index in [-0.39, 0.29) is 11.8 Å². The summed E-state index contributed by atoms with van der Waals surface area (Å²) in [4.78, 5) is 2.37.